The van der Waals surface area contributed by atoms with Gasteiger partial charge in [0.25, 0.3) is 0 Å². The zero-order chi connectivity index (χ0) is 15.2. The predicted molar refractivity (Wildman–Crippen MR) is 95.2 cm³/mol. The van der Waals surface area contributed by atoms with E-state index >= 15 is 0 Å². The van der Waals surface area contributed by atoms with Crippen LogP contribution in [0.2, 0.25) is 0 Å². The number of aryl methyl sites for hydroxylation is 4. The Bertz CT molecular complexity index is 633. The lowest BCUT2D eigenvalue weighted by atomic mass is 9.93. The Kier molecular flexibility index (Phi) is 4.27. The van der Waals surface area contributed by atoms with Crippen molar-refractivity contribution < 1.29 is 0 Å². The molecular weight excluding hydrogens is 280 g/mol. The van der Waals surface area contributed by atoms with E-state index in [0.29, 0.717) is 0 Å². The fourth-order valence-corrected chi connectivity index (χ4v) is 5.31. The Balaban J connectivity index is 2.68. The minimum atomic E-state index is 1.44. The maximum Gasteiger partial charge on any atom is 0.00949 e. The van der Waals surface area contributed by atoms with Crippen LogP contribution in [0.15, 0.2) is 0 Å². The van der Waals surface area contributed by atoms with Crippen molar-refractivity contribution in [1.82, 2.24) is 0 Å². The number of hydrogen-bond acceptors (Lipinski definition) is 2. The molecule has 0 fully saturated rings. The molecule has 2 heterocycles. The van der Waals surface area contributed by atoms with Gasteiger partial charge in [0.2, 0.25) is 0 Å². The monoisotopic (exact) mass is 304 g/mol. The van der Waals surface area contributed by atoms with Gasteiger partial charge < -0.3 is 0 Å². The van der Waals surface area contributed by atoms with E-state index in [-0.39, 0.29) is 0 Å². The maximum atomic E-state index is 2.28. The van der Waals surface area contributed by atoms with Crippen LogP contribution in [0.5, 0.6) is 0 Å². The lowest BCUT2D eigenvalue weighted by Gasteiger charge is -2.11. The van der Waals surface area contributed by atoms with Gasteiger partial charge in [-0.2, -0.15) is 0 Å². The Hall–Kier alpha value is -0.860. The first-order valence-corrected chi connectivity index (χ1v) is 8.70. The highest BCUT2D eigenvalue weighted by atomic mass is 32.1. The highest BCUT2D eigenvalue weighted by molar-refractivity contribution is 7.12. The van der Waals surface area contributed by atoms with Crippen molar-refractivity contribution in [2.45, 2.75) is 55.4 Å². The first-order chi connectivity index (χ1) is 9.25. The summed E-state index contributed by atoms with van der Waals surface area (Å²) in [6.07, 6.45) is 0. The van der Waals surface area contributed by atoms with Crippen LogP contribution in [0, 0.1) is 41.5 Å². The van der Waals surface area contributed by atoms with Crippen LogP contribution in [0.1, 0.15) is 55.6 Å². The molecule has 20 heavy (non-hydrogen) atoms. The van der Waals surface area contributed by atoms with Crippen LogP contribution in [0.25, 0.3) is 11.1 Å². The van der Waals surface area contributed by atoms with Gasteiger partial charge in [-0.25, -0.2) is 0 Å². The van der Waals surface area contributed by atoms with Crippen LogP contribution < -0.4 is 0 Å². The third-order valence-corrected chi connectivity index (χ3v) is 6.68. The van der Waals surface area contributed by atoms with Crippen molar-refractivity contribution in [1.29, 1.82) is 0 Å². The molecular formula is C18H24S2. The number of rotatable bonds is 2. The van der Waals surface area contributed by atoms with Crippen LogP contribution in [-0.2, 0) is 0 Å². The average molecular weight is 305 g/mol. The molecule has 2 rings (SSSR count). The molecule has 0 atom stereocenters. The fraction of sp³-hybridized carbons (Fsp3) is 0.444. The predicted octanol–water partition coefficient (Wildman–Crippen LogP) is 6.61. The summed E-state index contributed by atoms with van der Waals surface area (Å²) in [7, 11) is 0. The summed E-state index contributed by atoms with van der Waals surface area (Å²) in [5.74, 6) is 0. The van der Waals surface area contributed by atoms with Crippen molar-refractivity contribution in [3.05, 3.63) is 41.8 Å². The van der Waals surface area contributed by atoms with Gasteiger partial charge in [0.1, 0.15) is 0 Å². The lowest BCUT2D eigenvalue weighted by Crippen LogP contribution is -1.91. The first-order valence-electron chi connectivity index (χ1n) is 7.07. The Morgan fingerprint density at radius 3 is 1.05 bits per heavy atom. The van der Waals surface area contributed by atoms with Crippen LogP contribution in [0.3, 0.4) is 0 Å². The van der Waals surface area contributed by atoms with E-state index < -0.39 is 0 Å². The summed E-state index contributed by atoms with van der Waals surface area (Å²) >= 11 is 3.84. The smallest absolute Gasteiger partial charge is 0.00949 e. The second-order valence-corrected chi connectivity index (χ2v) is 8.54. The molecule has 0 amide bonds. The number of allylic oxidation sites excluding steroid dienone is 2. The molecule has 2 aromatic heterocycles. The van der Waals surface area contributed by atoms with Crippen LogP contribution in [-0.4, -0.2) is 0 Å². The maximum absolute atomic E-state index is 2.28. The Labute approximate surface area is 131 Å². The second-order valence-electron chi connectivity index (χ2n) is 5.68. The van der Waals surface area contributed by atoms with E-state index in [2.05, 4.69) is 55.4 Å². The Morgan fingerprint density at radius 2 is 0.850 bits per heavy atom. The Morgan fingerprint density at radius 1 is 0.550 bits per heavy atom. The molecule has 2 aromatic rings. The van der Waals surface area contributed by atoms with E-state index in [4.69, 9.17) is 0 Å². The molecule has 0 unspecified atom stereocenters. The average Bonchev–Trinajstić information content (AvgIpc) is 2.76. The summed E-state index contributed by atoms with van der Waals surface area (Å²) in [5.41, 5.74) is 8.71. The van der Waals surface area contributed by atoms with Crippen molar-refractivity contribution in [2.24, 2.45) is 0 Å². The van der Waals surface area contributed by atoms with E-state index in [1.54, 1.807) is 0 Å². The van der Waals surface area contributed by atoms with Gasteiger partial charge >= 0.3 is 0 Å². The molecule has 0 spiro atoms. The van der Waals surface area contributed by atoms with E-state index in [1.165, 1.54) is 52.9 Å². The SMILES string of the molecule is CC(=C(C)c1c(C)sc(C)c1C)c1c(C)sc(C)c1C. The highest BCUT2D eigenvalue weighted by Crippen LogP contribution is 2.39. The van der Waals surface area contributed by atoms with Crippen molar-refractivity contribution >= 4 is 33.8 Å². The molecule has 0 aliphatic rings. The first kappa shape index (κ1) is 15.5. The van der Waals surface area contributed by atoms with Gasteiger partial charge in [0, 0.05) is 19.5 Å². The van der Waals surface area contributed by atoms with E-state index in [9.17, 15) is 0 Å². The zero-order valence-electron chi connectivity index (χ0n) is 13.8. The topological polar surface area (TPSA) is 0 Å². The number of hydrogen-bond donors (Lipinski definition) is 0. The van der Waals surface area contributed by atoms with Gasteiger partial charge in [0.15, 0.2) is 0 Å². The summed E-state index contributed by atoms with van der Waals surface area (Å²) in [4.78, 5) is 5.78. The van der Waals surface area contributed by atoms with Gasteiger partial charge in [-0.05, 0) is 88.8 Å². The zero-order valence-corrected chi connectivity index (χ0v) is 15.4. The van der Waals surface area contributed by atoms with Gasteiger partial charge in [-0.1, -0.05) is 0 Å². The van der Waals surface area contributed by atoms with Crippen molar-refractivity contribution in [3.63, 3.8) is 0 Å². The molecule has 0 saturated heterocycles. The summed E-state index contributed by atoms with van der Waals surface area (Å²) in [6, 6.07) is 0. The summed E-state index contributed by atoms with van der Waals surface area (Å²) in [6.45, 7) is 18.0. The van der Waals surface area contributed by atoms with Gasteiger partial charge in [0.05, 0.1) is 0 Å². The van der Waals surface area contributed by atoms with E-state index in [0.717, 1.165) is 0 Å². The minimum absolute atomic E-state index is 1.44. The summed E-state index contributed by atoms with van der Waals surface area (Å²) in [5, 5.41) is 0. The van der Waals surface area contributed by atoms with E-state index in [1.807, 2.05) is 22.7 Å². The molecule has 0 aliphatic heterocycles. The highest BCUT2D eigenvalue weighted by Gasteiger charge is 2.17. The molecule has 0 nitrogen and oxygen atoms in total. The van der Waals surface area contributed by atoms with Gasteiger partial charge in [-0.15, -0.1) is 22.7 Å². The van der Waals surface area contributed by atoms with Crippen LogP contribution in [0.4, 0.5) is 0 Å². The molecule has 0 aromatic carbocycles. The normalized spacial score (nSPS) is 12.8. The molecule has 0 radical (unpaired) electrons. The molecule has 2 heteroatoms. The minimum Gasteiger partial charge on any atom is -0.145 e. The molecule has 0 bridgehead atoms. The quantitative estimate of drug-likeness (QED) is 0.585. The summed E-state index contributed by atoms with van der Waals surface area (Å²) < 4.78 is 0. The standard InChI is InChI=1S/C18H24S2/c1-9(17-11(3)13(5)19-15(17)7)10(2)18-12(4)14(6)20-16(18)8/h1-8H3. The second kappa shape index (κ2) is 5.50. The molecule has 0 saturated carbocycles. The van der Waals surface area contributed by atoms with Gasteiger partial charge in [-0.3, -0.25) is 0 Å². The molecule has 0 aliphatic carbocycles. The fourth-order valence-electron chi connectivity index (χ4n) is 3.06. The van der Waals surface area contributed by atoms with Crippen molar-refractivity contribution in [3.8, 4) is 0 Å². The molecule has 0 N–H and O–H groups in total. The third kappa shape index (κ3) is 2.40. The number of thiophene rings is 2. The lowest BCUT2D eigenvalue weighted by molar-refractivity contribution is 1.35. The third-order valence-electron chi connectivity index (χ3n) is 4.44. The molecule has 108 valence electrons. The van der Waals surface area contributed by atoms with Crippen LogP contribution >= 0.6 is 22.7 Å². The largest absolute Gasteiger partial charge is 0.145 e. The van der Waals surface area contributed by atoms with Crippen molar-refractivity contribution in [2.75, 3.05) is 0 Å².